The third-order valence-corrected chi connectivity index (χ3v) is 5.88. The molecule has 0 spiro atoms. The lowest BCUT2D eigenvalue weighted by Gasteiger charge is -2.14. The summed E-state index contributed by atoms with van der Waals surface area (Å²) in [5, 5.41) is 1.08. The van der Waals surface area contributed by atoms with Crippen molar-refractivity contribution < 1.29 is 14.3 Å². The van der Waals surface area contributed by atoms with Gasteiger partial charge in [-0.3, -0.25) is 14.2 Å². The SMILES string of the molecule is CCOC(=O)c1c(C)[nH]c(C(=O)CSc2nc3ccccc3c(=O)n2CC(C)C)c1C. The van der Waals surface area contributed by atoms with E-state index in [4.69, 9.17) is 4.74 Å². The topological polar surface area (TPSA) is 94.1 Å². The Morgan fingerprint density at radius 1 is 1.23 bits per heavy atom. The second-order valence-corrected chi connectivity index (χ2v) is 8.72. The minimum atomic E-state index is -0.442. The molecule has 0 bridgehead atoms. The van der Waals surface area contributed by atoms with Crippen LogP contribution < -0.4 is 5.56 Å². The van der Waals surface area contributed by atoms with Crippen LogP contribution in [0.2, 0.25) is 0 Å². The molecule has 2 aromatic heterocycles. The number of ether oxygens (including phenoxy) is 1. The quantitative estimate of drug-likeness (QED) is 0.244. The van der Waals surface area contributed by atoms with Gasteiger partial charge in [0.1, 0.15) is 0 Å². The van der Waals surface area contributed by atoms with Crippen LogP contribution in [-0.4, -0.2) is 38.6 Å². The summed E-state index contributed by atoms with van der Waals surface area (Å²) in [6.07, 6.45) is 0. The Morgan fingerprint density at radius 2 is 1.94 bits per heavy atom. The molecule has 0 saturated carbocycles. The van der Waals surface area contributed by atoms with Crippen LogP contribution in [0.4, 0.5) is 0 Å². The molecule has 0 atom stereocenters. The highest BCUT2D eigenvalue weighted by Gasteiger charge is 2.23. The van der Waals surface area contributed by atoms with Crippen LogP contribution in [0, 0.1) is 19.8 Å². The number of hydrogen-bond donors (Lipinski definition) is 1. The predicted molar refractivity (Wildman–Crippen MR) is 122 cm³/mol. The summed E-state index contributed by atoms with van der Waals surface area (Å²) in [5.41, 5.74) is 2.46. The second kappa shape index (κ2) is 9.51. The highest BCUT2D eigenvalue weighted by atomic mass is 32.2. The number of nitrogens with one attached hydrogen (secondary N) is 1. The Hall–Kier alpha value is -2.87. The van der Waals surface area contributed by atoms with Crippen LogP contribution in [0.3, 0.4) is 0 Å². The fourth-order valence-corrected chi connectivity index (χ4v) is 4.41. The van der Waals surface area contributed by atoms with Crippen LogP contribution in [0.15, 0.2) is 34.2 Å². The summed E-state index contributed by atoms with van der Waals surface area (Å²) in [5.74, 6) is -0.274. The maximum absolute atomic E-state index is 13.0. The van der Waals surface area contributed by atoms with Gasteiger partial charge < -0.3 is 9.72 Å². The smallest absolute Gasteiger partial charge is 0.340 e. The van der Waals surface area contributed by atoms with Gasteiger partial charge in [0.15, 0.2) is 10.9 Å². The number of carbonyl (C=O) groups is 2. The van der Waals surface area contributed by atoms with Gasteiger partial charge in [-0.15, -0.1) is 0 Å². The molecule has 0 aliphatic carbocycles. The lowest BCUT2D eigenvalue weighted by atomic mass is 10.1. The average molecular weight is 442 g/mol. The molecule has 31 heavy (non-hydrogen) atoms. The predicted octanol–water partition coefficient (Wildman–Crippen LogP) is 4.15. The zero-order valence-corrected chi connectivity index (χ0v) is 19.3. The number of thioether (sulfide) groups is 1. The van der Waals surface area contributed by atoms with E-state index in [0.29, 0.717) is 45.1 Å². The number of esters is 1. The number of Topliss-reactive ketones (excluding diaryl/α,β-unsaturated/α-hetero) is 1. The molecule has 0 fully saturated rings. The molecule has 2 heterocycles. The molecule has 0 unspecified atom stereocenters. The Kier molecular flexibility index (Phi) is 7.00. The van der Waals surface area contributed by atoms with E-state index in [0.717, 1.165) is 0 Å². The Labute approximate surface area is 185 Å². The van der Waals surface area contributed by atoms with Crippen LogP contribution in [0.1, 0.15) is 52.9 Å². The molecule has 0 radical (unpaired) electrons. The van der Waals surface area contributed by atoms with Crippen molar-refractivity contribution in [2.45, 2.75) is 46.3 Å². The molecule has 0 aliphatic heterocycles. The number of rotatable bonds is 8. The highest BCUT2D eigenvalue weighted by molar-refractivity contribution is 7.99. The maximum Gasteiger partial charge on any atom is 0.340 e. The minimum Gasteiger partial charge on any atom is -0.462 e. The van der Waals surface area contributed by atoms with Gasteiger partial charge in [-0.25, -0.2) is 9.78 Å². The second-order valence-electron chi connectivity index (χ2n) is 7.78. The first-order chi connectivity index (χ1) is 14.7. The standard InChI is InChI=1S/C23H27N3O4S/c1-6-30-22(29)19-14(4)20(24-15(19)5)18(27)12-31-23-25-17-10-8-7-9-16(17)21(28)26(23)11-13(2)3/h7-10,13,24H,6,11-12H2,1-5H3. The Balaban J connectivity index is 1.91. The Bertz CT molecular complexity index is 1190. The van der Waals surface area contributed by atoms with Crippen molar-refractivity contribution in [1.82, 2.24) is 14.5 Å². The molecule has 1 aromatic carbocycles. The lowest BCUT2D eigenvalue weighted by Crippen LogP contribution is -2.25. The average Bonchev–Trinajstić information content (AvgIpc) is 3.02. The van der Waals surface area contributed by atoms with Crippen molar-refractivity contribution in [2.24, 2.45) is 5.92 Å². The van der Waals surface area contributed by atoms with Gasteiger partial charge in [-0.2, -0.15) is 0 Å². The van der Waals surface area contributed by atoms with Crippen molar-refractivity contribution in [1.29, 1.82) is 0 Å². The number of aromatic nitrogens is 3. The molecule has 1 N–H and O–H groups in total. The van der Waals surface area contributed by atoms with Crippen molar-refractivity contribution in [2.75, 3.05) is 12.4 Å². The van der Waals surface area contributed by atoms with Crippen LogP contribution in [-0.2, 0) is 11.3 Å². The van der Waals surface area contributed by atoms with Gasteiger partial charge in [-0.1, -0.05) is 37.7 Å². The number of hydrogen-bond acceptors (Lipinski definition) is 6. The van der Waals surface area contributed by atoms with E-state index in [9.17, 15) is 14.4 Å². The van der Waals surface area contributed by atoms with Gasteiger partial charge >= 0.3 is 5.97 Å². The summed E-state index contributed by atoms with van der Waals surface area (Å²) in [6, 6.07) is 7.22. The van der Waals surface area contributed by atoms with E-state index >= 15 is 0 Å². The minimum absolute atomic E-state index is 0.0892. The first kappa shape index (κ1) is 22.8. The largest absolute Gasteiger partial charge is 0.462 e. The number of benzene rings is 1. The lowest BCUT2D eigenvalue weighted by molar-refractivity contribution is 0.0525. The third-order valence-electron chi connectivity index (χ3n) is 4.90. The number of fused-ring (bicyclic) bond motifs is 1. The molecule has 3 aromatic rings. The number of aromatic amines is 1. The summed E-state index contributed by atoms with van der Waals surface area (Å²) in [7, 11) is 0. The van der Waals surface area contributed by atoms with Gasteiger partial charge in [-0.05, 0) is 44.4 Å². The number of nitrogens with zero attached hydrogens (tertiary/aromatic N) is 2. The van der Waals surface area contributed by atoms with Crippen LogP contribution >= 0.6 is 11.8 Å². The van der Waals surface area contributed by atoms with E-state index < -0.39 is 5.97 Å². The summed E-state index contributed by atoms with van der Waals surface area (Å²) in [6.45, 7) is 10.1. The molecule has 0 saturated heterocycles. The zero-order valence-electron chi connectivity index (χ0n) is 18.4. The van der Waals surface area contributed by atoms with Gasteiger partial charge in [0.2, 0.25) is 0 Å². The molecule has 0 amide bonds. The van der Waals surface area contributed by atoms with Gasteiger partial charge in [0.25, 0.3) is 5.56 Å². The molecule has 7 nitrogen and oxygen atoms in total. The summed E-state index contributed by atoms with van der Waals surface area (Å²) >= 11 is 1.23. The third kappa shape index (κ3) is 4.74. The monoisotopic (exact) mass is 441 g/mol. The number of ketones is 1. The Morgan fingerprint density at radius 3 is 2.61 bits per heavy atom. The molecule has 3 rings (SSSR count). The number of carbonyl (C=O) groups excluding carboxylic acids is 2. The molecule has 164 valence electrons. The van der Waals surface area contributed by atoms with Crippen LogP contribution in [0.25, 0.3) is 10.9 Å². The van der Waals surface area contributed by atoms with E-state index in [1.807, 2.05) is 26.0 Å². The first-order valence-corrected chi connectivity index (χ1v) is 11.2. The molecule has 8 heteroatoms. The highest BCUT2D eigenvalue weighted by Crippen LogP contribution is 2.24. The van der Waals surface area contributed by atoms with E-state index in [2.05, 4.69) is 9.97 Å². The van der Waals surface area contributed by atoms with Crippen molar-refractivity contribution in [3.63, 3.8) is 0 Å². The molecular weight excluding hydrogens is 414 g/mol. The number of H-pyrrole nitrogens is 1. The number of para-hydroxylation sites is 1. The molecule has 0 aliphatic rings. The van der Waals surface area contributed by atoms with E-state index in [1.165, 1.54) is 11.8 Å². The zero-order chi connectivity index (χ0) is 22.7. The fourth-order valence-electron chi connectivity index (χ4n) is 3.52. The maximum atomic E-state index is 13.0. The van der Waals surface area contributed by atoms with E-state index in [-0.39, 0.29) is 29.6 Å². The number of aryl methyl sites for hydroxylation is 1. The van der Waals surface area contributed by atoms with Gasteiger partial charge in [0, 0.05) is 12.2 Å². The normalized spacial score (nSPS) is 11.3. The fraction of sp³-hybridized carbons (Fsp3) is 0.391. The molecular formula is C23H27N3O4S. The summed E-state index contributed by atoms with van der Waals surface area (Å²) < 4.78 is 6.74. The van der Waals surface area contributed by atoms with Crippen LogP contribution in [0.5, 0.6) is 0 Å². The first-order valence-electron chi connectivity index (χ1n) is 10.3. The van der Waals surface area contributed by atoms with Crippen molar-refractivity contribution >= 4 is 34.4 Å². The summed E-state index contributed by atoms with van der Waals surface area (Å²) in [4.78, 5) is 45.8. The van der Waals surface area contributed by atoms with E-state index in [1.54, 1.807) is 37.5 Å². The van der Waals surface area contributed by atoms with Crippen molar-refractivity contribution in [3.8, 4) is 0 Å². The van der Waals surface area contributed by atoms with Gasteiger partial charge in [0.05, 0.1) is 34.5 Å². The van der Waals surface area contributed by atoms with Crippen molar-refractivity contribution in [3.05, 3.63) is 57.1 Å².